The van der Waals surface area contributed by atoms with Crippen LogP contribution < -0.4 is 5.32 Å². The van der Waals surface area contributed by atoms with Gasteiger partial charge in [-0.1, -0.05) is 0 Å². The van der Waals surface area contributed by atoms with Crippen LogP contribution in [0, 0.1) is 0 Å². The Hall–Kier alpha value is -1.44. The molecule has 1 aliphatic heterocycles. The minimum atomic E-state index is -1.02. The minimum Gasteiger partial charge on any atom is -0.480 e. The molecule has 1 heterocycles. The predicted octanol–water partition coefficient (Wildman–Crippen LogP) is 0.0223. The zero-order valence-corrected chi connectivity index (χ0v) is 12.1. The second kappa shape index (κ2) is 6.65. The number of amides is 3. The summed E-state index contributed by atoms with van der Waals surface area (Å²) >= 11 is 1.41. The molecule has 0 bridgehead atoms. The van der Waals surface area contributed by atoms with Gasteiger partial charge in [-0.05, 0) is 13.8 Å². The van der Waals surface area contributed by atoms with Crippen LogP contribution >= 0.6 is 11.8 Å². The quantitative estimate of drug-likeness (QED) is 0.761. The van der Waals surface area contributed by atoms with Crippen molar-refractivity contribution in [1.82, 2.24) is 15.1 Å². The van der Waals surface area contributed by atoms with Gasteiger partial charge in [-0.2, -0.15) is 0 Å². The minimum absolute atomic E-state index is 0.0765. The molecular weight excluding hydrogens is 270 g/mol. The van der Waals surface area contributed by atoms with Crippen LogP contribution in [0.5, 0.6) is 0 Å². The molecule has 1 aliphatic rings. The Labute approximate surface area is 116 Å². The summed E-state index contributed by atoms with van der Waals surface area (Å²) in [7, 11) is 1.49. The van der Waals surface area contributed by atoms with Gasteiger partial charge >= 0.3 is 12.0 Å². The van der Waals surface area contributed by atoms with Gasteiger partial charge < -0.3 is 15.3 Å². The molecule has 0 saturated carbocycles. The number of nitrogens with one attached hydrogen (secondary N) is 1. The molecule has 108 valence electrons. The molecule has 2 N–H and O–H groups in total. The van der Waals surface area contributed by atoms with Gasteiger partial charge in [-0.25, -0.2) is 9.59 Å². The number of thioether (sulfide) groups is 1. The molecule has 0 aromatic rings. The lowest BCUT2D eigenvalue weighted by Crippen LogP contribution is -2.51. The van der Waals surface area contributed by atoms with Crippen molar-refractivity contribution < 1.29 is 19.5 Å². The molecule has 3 amide bonds. The normalized spacial score (nSPS) is 22.2. The van der Waals surface area contributed by atoms with Gasteiger partial charge in [0.05, 0.1) is 5.37 Å². The molecule has 0 aromatic heterocycles. The van der Waals surface area contributed by atoms with E-state index in [1.165, 1.54) is 28.6 Å². The Kier molecular flexibility index (Phi) is 5.46. The number of hydrogen-bond acceptors (Lipinski definition) is 4. The highest BCUT2D eigenvalue weighted by Crippen LogP contribution is 2.29. The van der Waals surface area contributed by atoms with Crippen molar-refractivity contribution in [1.29, 1.82) is 0 Å². The van der Waals surface area contributed by atoms with Crippen LogP contribution in [0.25, 0.3) is 0 Å². The van der Waals surface area contributed by atoms with E-state index in [1.54, 1.807) is 13.8 Å². The van der Waals surface area contributed by atoms with Gasteiger partial charge in [-0.15, -0.1) is 11.8 Å². The lowest BCUT2D eigenvalue weighted by Gasteiger charge is -2.29. The molecule has 19 heavy (non-hydrogen) atoms. The highest BCUT2D eigenvalue weighted by atomic mass is 32.2. The standard InChI is InChI=1S/C11H19N3O4S/c1-4-12-9(15)5-13(3)11(18)14-7(2)19-6-8(14)10(16)17/h7-8H,4-6H2,1-3H3,(H,12,15)(H,16,17). The number of carboxylic acid groups (broad SMARTS) is 1. The number of hydrogen-bond donors (Lipinski definition) is 2. The van der Waals surface area contributed by atoms with E-state index in [-0.39, 0.29) is 17.8 Å². The second-order valence-corrected chi connectivity index (χ2v) is 5.63. The molecule has 1 saturated heterocycles. The highest BCUT2D eigenvalue weighted by Gasteiger charge is 2.40. The smallest absolute Gasteiger partial charge is 0.327 e. The maximum atomic E-state index is 12.2. The van der Waals surface area contributed by atoms with Crippen molar-refractivity contribution in [3.63, 3.8) is 0 Å². The fourth-order valence-corrected chi connectivity index (χ4v) is 3.02. The number of aliphatic carboxylic acids is 1. The third kappa shape index (κ3) is 3.76. The monoisotopic (exact) mass is 289 g/mol. The van der Waals surface area contributed by atoms with Gasteiger partial charge in [0.2, 0.25) is 5.91 Å². The summed E-state index contributed by atoms with van der Waals surface area (Å²) < 4.78 is 0. The molecule has 0 radical (unpaired) electrons. The Morgan fingerprint density at radius 2 is 2.11 bits per heavy atom. The fraction of sp³-hybridized carbons (Fsp3) is 0.727. The number of rotatable bonds is 4. The number of likely N-dealkylation sites (N-methyl/N-ethyl adjacent to an activating group) is 2. The van der Waals surface area contributed by atoms with Gasteiger partial charge in [0.1, 0.15) is 12.6 Å². The number of carbonyl (C=O) groups is 3. The van der Waals surface area contributed by atoms with Crippen molar-refractivity contribution in [3.05, 3.63) is 0 Å². The topological polar surface area (TPSA) is 90.0 Å². The third-order valence-corrected chi connectivity index (χ3v) is 4.03. The first-order chi connectivity index (χ1) is 8.88. The maximum Gasteiger partial charge on any atom is 0.327 e. The SMILES string of the molecule is CCNC(=O)CN(C)C(=O)N1C(C)SCC1C(=O)O. The molecule has 0 aromatic carbocycles. The zero-order valence-electron chi connectivity index (χ0n) is 11.3. The second-order valence-electron chi connectivity index (χ2n) is 4.29. The van der Waals surface area contributed by atoms with E-state index >= 15 is 0 Å². The molecule has 7 nitrogen and oxygen atoms in total. The number of nitrogens with zero attached hydrogens (tertiary/aromatic N) is 2. The van der Waals surface area contributed by atoms with Crippen molar-refractivity contribution >= 4 is 29.7 Å². The molecule has 1 fully saturated rings. The Morgan fingerprint density at radius 1 is 1.47 bits per heavy atom. The van der Waals surface area contributed by atoms with Crippen molar-refractivity contribution in [3.8, 4) is 0 Å². The molecule has 0 aliphatic carbocycles. The number of carbonyl (C=O) groups excluding carboxylic acids is 2. The maximum absolute atomic E-state index is 12.2. The summed E-state index contributed by atoms with van der Waals surface area (Å²) in [5, 5.41) is 11.5. The Balaban J connectivity index is 2.69. The van der Waals surface area contributed by atoms with Gasteiger partial charge in [0, 0.05) is 19.3 Å². The third-order valence-electron chi connectivity index (χ3n) is 2.81. The largest absolute Gasteiger partial charge is 0.480 e. The first kappa shape index (κ1) is 15.6. The zero-order chi connectivity index (χ0) is 14.6. The van der Waals surface area contributed by atoms with E-state index in [1.807, 2.05) is 0 Å². The Morgan fingerprint density at radius 3 is 2.63 bits per heavy atom. The van der Waals surface area contributed by atoms with E-state index in [0.717, 1.165) is 0 Å². The lowest BCUT2D eigenvalue weighted by molar-refractivity contribution is -0.141. The summed E-state index contributed by atoms with van der Waals surface area (Å²) in [4.78, 5) is 37.3. The molecular formula is C11H19N3O4S. The summed E-state index contributed by atoms with van der Waals surface area (Å²) in [6.07, 6.45) is 0. The van der Waals surface area contributed by atoms with Gasteiger partial charge in [0.25, 0.3) is 0 Å². The van der Waals surface area contributed by atoms with Crippen molar-refractivity contribution in [2.45, 2.75) is 25.3 Å². The molecule has 0 spiro atoms. The molecule has 2 unspecified atom stereocenters. The number of urea groups is 1. The first-order valence-electron chi connectivity index (χ1n) is 6.03. The summed E-state index contributed by atoms with van der Waals surface area (Å²) in [5.74, 6) is -0.904. The average molecular weight is 289 g/mol. The van der Waals surface area contributed by atoms with Crippen LogP contribution in [0.2, 0.25) is 0 Å². The van der Waals surface area contributed by atoms with E-state index in [0.29, 0.717) is 12.3 Å². The summed E-state index contributed by atoms with van der Waals surface area (Å²) in [6.45, 7) is 3.99. The van der Waals surface area contributed by atoms with Crippen LogP contribution in [0.15, 0.2) is 0 Å². The molecule has 1 rings (SSSR count). The van der Waals surface area contributed by atoms with Crippen LogP contribution in [0.3, 0.4) is 0 Å². The predicted molar refractivity (Wildman–Crippen MR) is 71.9 cm³/mol. The van der Waals surface area contributed by atoms with E-state index in [4.69, 9.17) is 5.11 Å². The fourth-order valence-electron chi connectivity index (χ4n) is 1.86. The lowest BCUT2D eigenvalue weighted by atomic mass is 10.3. The van der Waals surface area contributed by atoms with Gasteiger partial charge in [0.15, 0.2) is 0 Å². The van der Waals surface area contributed by atoms with Crippen LogP contribution in [0.4, 0.5) is 4.79 Å². The van der Waals surface area contributed by atoms with E-state index < -0.39 is 18.0 Å². The van der Waals surface area contributed by atoms with Crippen LogP contribution in [-0.2, 0) is 9.59 Å². The van der Waals surface area contributed by atoms with Crippen molar-refractivity contribution in [2.24, 2.45) is 0 Å². The highest BCUT2D eigenvalue weighted by molar-refractivity contribution is 8.00. The van der Waals surface area contributed by atoms with Crippen LogP contribution in [0.1, 0.15) is 13.8 Å². The first-order valence-corrected chi connectivity index (χ1v) is 7.07. The van der Waals surface area contributed by atoms with Crippen LogP contribution in [-0.4, -0.2) is 70.1 Å². The number of carboxylic acids is 1. The summed E-state index contributed by atoms with van der Waals surface area (Å²) in [5.41, 5.74) is 0. The molecule has 8 heteroatoms. The van der Waals surface area contributed by atoms with E-state index in [2.05, 4.69) is 5.32 Å². The van der Waals surface area contributed by atoms with Crippen molar-refractivity contribution in [2.75, 3.05) is 25.9 Å². The average Bonchev–Trinajstić information content (AvgIpc) is 2.70. The van der Waals surface area contributed by atoms with Gasteiger partial charge in [-0.3, -0.25) is 9.69 Å². The molecule has 2 atom stereocenters. The van der Waals surface area contributed by atoms with E-state index in [9.17, 15) is 14.4 Å². The summed E-state index contributed by atoms with van der Waals surface area (Å²) in [6, 6.07) is -1.26. The Bertz CT molecular complexity index is 377.